The molecular formula is C14H24F3N3O5S. The monoisotopic (exact) mass is 403 g/mol. The molecule has 1 aliphatic carbocycles. The van der Waals surface area contributed by atoms with Crippen LogP contribution in [0.25, 0.3) is 0 Å². The van der Waals surface area contributed by atoms with Gasteiger partial charge in [0, 0.05) is 20.5 Å². The van der Waals surface area contributed by atoms with Gasteiger partial charge in [0.2, 0.25) is 5.91 Å². The third kappa shape index (κ3) is 8.43. The Morgan fingerprint density at radius 2 is 1.81 bits per heavy atom. The van der Waals surface area contributed by atoms with Crippen molar-refractivity contribution in [2.45, 2.75) is 50.4 Å². The van der Waals surface area contributed by atoms with Gasteiger partial charge in [-0.2, -0.15) is 21.6 Å². The normalized spacial score (nSPS) is 18.9. The number of rotatable bonds is 10. The van der Waals surface area contributed by atoms with Gasteiger partial charge in [0.15, 0.2) is 5.78 Å². The summed E-state index contributed by atoms with van der Waals surface area (Å²) >= 11 is 0. The molecule has 3 unspecified atom stereocenters. The number of nitrogens with two attached hydrogens (primary N) is 2. The Labute approximate surface area is 150 Å². The summed E-state index contributed by atoms with van der Waals surface area (Å²) < 4.78 is 65.6. The van der Waals surface area contributed by atoms with Gasteiger partial charge in [0.05, 0.1) is 24.5 Å². The zero-order valence-electron chi connectivity index (χ0n) is 14.5. The minimum absolute atomic E-state index is 0.279. The van der Waals surface area contributed by atoms with Gasteiger partial charge >= 0.3 is 16.5 Å². The molecule has 0 aromatic rings. The molecule has 8 nitrogen and oxygen atoms in total. The van der Waals surface area contributed by atoms with Crippen molar-refractivity contribution in [1.82, 2.24) is 4.90 Å². The van der Waals surface area contributed by atoms with Crippen molar-refractivity contribution in [1.29, 1.82) is 0 Å². The van der Waals surface area contributed by atoms with Gasteiger partial charge in [-0.1, -0.05) is 12.8 Å². The number of carbonyl (C=O) groups is 2. The lowest BCUT2D eigenvalue weighted by molar-refractivity contribution is -0.165. The molecule has 4 N–H and O–H groups in total. The van der Waals surface area contributed by atoms with E-state index in [1.165, 1.54) is 14.1 Å². The summed E-state index contributed by atoms with van der Waals surface area (Å²) in [6.07, 6.45) is -6.91. The number of carbonyl (C=O) groups excluding carboxylic acids is 2. The molecule has 0 radical (unpaired) electrons. The molecule has 0 aliphatic heterocycles. The summed E-state index contributed by atoms with van der Waals surface area (Å²) in [6.45, 7) is 0. The summed E-state index contributed by atoms with van der Waals surface area (Å²) in [6, 6.07) is -0.963. The molecule has 0 bridgehead atoms. The van der Waals surface area contributed by atoms with Crippen molar-refractivity contribution >= 4 is 22.0 Å². The first-order chi connectivity index (χ1) is 11.7. The first-order valence-corrected chi connectivity index (χ1v) is 9.44. The van der Waals surface area contributed by atoms with Gasteiger partial charge in [0.25, 0.3) is 0 Å². The van der Waals surface area contributed by atoms with Crippen molar-refractivity contribution < 1.29 is 35.4 Å². The van der Waals surface area contributed by atoms with Gasteiger partial charge in [0.1, 0.15) is 0 Å². The first kappa shape index (κ1) is 22.8. The number of hydrogen-bond acceptors (Lipinski definition) is 6. The van der Waals surface area contributed by atoms with E-state index in [9.17, 15) is 31.2 Å². The van der Waals surface area contributed by atoms with E-state index in [2.05, 4.69) is 4.18 Å². The molecule has 3 atom stereocenters. The van der Waals surface area contributed by atoms with Crippen LogP contribution in [0.5, 0.6) is 0 Å². The van der Waals surface area contributed by atoms with E-state index in [1.54, 1.807) is 0 Å². The Morgan fingerprint density at radius 3 is 2.19 bits per heavy atom. The largest absolute Gasteiger partial charge is 0.389 e. The van der Waals surface area contributed by atoms with Crippen LogP contribution < -0.4 is 10.9 Å². The highest BCUT2D eigenvalue weighted by Gasteiger charge is 2.43. The Kier molecular flexibility index (Phi) is 7.57. The third-order valence-electron chi connectivity index (χ3n) is 4.02. The number of Topliss-reactive ketones (excluding diaryl/α,β-unsaturated/α-hetero) is 1. The van der Waals surface area contributed by atoms with Crippen LogP contribution in [0.2, 0.25) is 0 Å². The molecule has 1 aliphatic rings. The Balaban J connectivity index is 3.04. The second-order valence-electron chi connectivity index (χ2n) is 6.74. The van der Waals surface area contributed by atoms with Gasteiger partial charge in [-0.05, 0) is 12.3 Å². The van der Waals surface area contributed by atoms with Crippen LogP contribution in [0.15, 0.2) is 0 Å². The maximum absolute atomic E-state index is 12.9. The highest BCUT2D eigenvalue weighted by molar-refractivity contribution is 7.84. The quantitative estimate of drug-likeness (QED) is 0.540. The van der Waals surface area contributed by atoms with Crippen LogP contribution in [0, 0.1) is 11.8 Å². The lowest BCUT2D eigenvalue weighted by atomic mass is 9.90. The van der Waals surface area contributed by atoms with Crippen molar-refractivity contribution in [2.24, 2.45) is 22.7 Å². The van der Waals surface area contributed by atoms with Crippen LogP contribution in [0.3, 0.4) is 0 Å². The van der Waals surface area contributed by atoms with Crippen molar-refractivity contribution in [3.05, 3.63) is 0 Å². The molecule has 1 rings (SSSR count). The Hall–Kier alpha value is -1.24. The number of amides is 1. The van der Waals surface area contributed by atoms with Gasteiger partial charge in [-0.25, -0.2) is 5.14 Å². The minimum atomic E-state index is -4.78. The number of hydrogen-bond donors (Lipinski definition) is 2. The van der Waals surface area contributed by atoms with E-state index in [4.69, 9.17) is 10.9 Å². The highest BCUT2D eigenvalue weighted by Crippen LogP contribution is 2.34. The summed E-state index contributed by atoms with van der Waals surface area (Å²) in [5, 5.41) is 4.76. The van der Waals surface area contributed by atoms with Crippen LogP contribution in [0.1, 0.15) is 32.1 Å². The SMILES string of the molecule is CN(C)C(=O)C(CC(F)(F)F)C(CC(=O)C(N)CC1CC1)OS(N)(=O)=O. The molecule has 0 aromatic carbocycles. The molecule has 152 valence electrons. The topological polar surface area (TPSA) is 133 Å². The van der Waals surface area contributed by atoms with Crippen molar-refractivity contribution in [2.75, 3.05) is 14.1 Å². The number of ketones is 1. The summed E-state index contributed by atoms with van der Waals surface area (Å²) in [7, 11) is -2.28. The molecule has 12 heteroatoms. The first-order valence-electron chi connectivity index (χ1n) is 7.97. The molecular weight excluding hydrogens is 379 g/mol. The molecule has 0 spiro atoms. The Bertz CT molecular complexity index is 620. The second kappa shape index (κ2) is 8.63. The maximum Gasteiger partial charge on any atom is 0.389 e. The lowest BCUT2D eigenvalue weighted by Gasteiger charge is -2.28. The van der Waals surface area contributed by atoms with Crippen molar-refractivity contribution in [3.8, 4) is 0 Å². The molecule has 1 amide bonds. The average molecular weight is 403 g/mol. The fourth-order valence-corrected chi connectivity index (χ4v) is 3.11. The van der Waals surface area contributed by atoms with Gasteiger partial charge in [-0.3, -0.25) is 13.8 Å². The van der Waals surface area contributed by atoms with Gasteiger partial charge < -0.3 is 10.6 Å². The van der Waals surface area contributed by atoms with E-state index < -0.39 is 59.1 Å². The predicted octanol–water partition coefficient (Wildman–Crippen LogP) is 0.319. The zero-order valence-corrected chi connectivity index (χ0v) is 15.3. The van der Waals surface area contributed by atoms with Crippen molar-refractivity contribution in [3.63, 3.8) is 0 Å². The zero-order chi connectivity index (χ0) is 20.3. The standard InChI is InChI=1S/C14H24F3N3O5S/c1-20(2)13(22)9(7-14(15,16)17)12(25-26(19,23)24)6-11(21)10(18)5-8-3-4-8/h8-10,12H,3-7,18H2,1-2H3,(H2,19,23,24). The van der Waals surface area contributed by atoms with Crippen LogP contribution in [-0.4, -0.2) is 57.4 Å². The summed E-state index contributed by atoms with van der Waals surface area (Å²) in [5.41, 5.74) is 5.73. The van der Waals surface area contributed by atoms with Crippen LogP contribution in [-0.2, 0) is 24.1 Å². The van der Waals surface area contributed by atoms with E-state index in [1.807, 2.05) is 0 Å². The summed E-state index contributed by atoms with van der Waals surface area (Å²) in [5.74, 6) is -3.37. The van der Waals surface area contributed by atoms with Crippen LogP contribution >= 0.6 is 0 Å². The predicted molar refractivity (Wildman–Crippen MR) is 85.8 cm³/mol. The lowest BCUT2D eigenvalue weighted by Crippen LogP contribution is -2.45. The van der Waals surface area contributed by atoms with Gasteiger partial charge in [-0.15, -0.1) is 0 Å². The maximum atomic E-state index is 12.9. The van der Waals surface area contributed by atoms with E-state index >= 15 is 0 Å². The highest BCUT2D eigenvalue weighted by atomic mass is 32.2. The fourth-order valence-electron chi connectivity index (χ4n) is 2.57. The molecule has 26 heavy (non-hydrogen) atoms. The smallest absolute Gasteiger partial charge is 0.348 e. The average Bonchev–Trinajstić information content (AvgIpc) is 3.24. The molecule has 1 saturated carbocycles. The van der Waals surface area contributed by atoms with E-state index in [0.717, 1.165) is 17.7 Å². The minimum Gasteiger partial charge on any atom is -0.348 e. The fraction of sp³-hybridized carbons (Fsp3) is 0.857. The van der Waals surface area contributed by atoms with Crippen LogP contribution in [0.4, 0.5) is 13.2 Å². The molecule has 0 heterocycles. The molecule has 0 saturated heterocycles. The number of halogens is 3. The molecule has 1 fully saturated rings. The third-order valence-corrected chi connectivity index (χ3v) is 4.53. The number of alkyl halides is 3. The molecule has 0 aromatic heterocycles. The number of nitrogens with zero attached hydrogens (tertiary/aromatic N) is 1. The second-order valence-corrected chi connectivity index (χ2v) is 7.92. The Morgan fingerprint density at radius 1 is 1.27 bits per heavy atom. The van der Waals surface area contributed by atoms with E-state index in [-0.39, 0.29) is 5.92 Å². The van der Waals surface area contributed by atoms with E-state index in [0.29, 0.717) is 6.42 Å². The summed E-state index contributed by atoms with van der Waals surface area (Å²) in [4.78, 5) is 25.2.